The molecule has 0 spiro atoms. The third kappa shape index (κ3) is 3.69. The van der Waals surface area contributed by atoms with Crippen molar-refractivity contribution in [2.24, 2.45) is 5.73 Å². The van der Waals surface area contributed by atoms with E-state index in [1.165, 1.54) is 0 Å². The van der Waals surface area contributed by atoms with E-state index in [4.69, 9.17) is 5.73 Å². The zero-order chi connectivity index (χ0) is 13.9. The van der Waals surface area contributed by atoms with Crippen LogP contribution >= 0.6 is 0 Å². The second-order valence-electron chi connectivity index (χ2n) is 3.88. The van der Waals surface area contributed by atoms with Gasteiger partial charge in [0.1, 0.15) is 5.82 Å². The lowest BCUT2D eigenvalue weighted by atomic mass is 10.1. The van der Waals surface area contributed by atoms with Crippen molar-refractivity contribution < 1.29 is 22.4 Å². The number of benzene rings is 1. The molecule has 0 aliphatic carbocycles. The molecule has 100 valence electrons. The summed E-state index contributed by atoms with van der Waals surface area (Å²) in [6, 6.07) is 1.76. The summed E-state index contributed by atoms with van der Waals surface area (Å²) in [5.74, 6) is -2.14. The number of hydrogen-bond donors (Lipinski definition) is 2. The molecule has 1 atom stereocenters. The summed E-state index contributed by atoms with van der Waals surface area (Å²) < 4.78 is 50.2. The maximum atomic E-state index is 13.0. The lowest BCUT2D eigenvalue weighted by Crippen LogP contribution is -2.35. The molecule has 18 heavy (non-hydrogen) atoms. The molecule has 7 heteroatoms. The monoisotopic (exact) mass is 264 g/mol. The minimum Gasteiger partial charge on any atom is -0.350 e. The van der Waals surface area contributed by atoms with E-state index in [1.807, 2.05) is 0 Å². The highest BCUT2D eigenvalue weighted by atomic mass is 19.4. The van der Waals surface area contributed by atoms with Gasteiger partial charge in [-0.1, -0.05) is 0 Å². The van der Waals surface area contributed by atoms with Gasteiger partial charge < -0.3 is 11.1 Å². The average molecular weight is 264 g/mol. The Morgan fingerprint density at radius 2 is 2.06 bits per heavy atom. The number of amides is 1. The molecule has 0 fully saturated rings. The highest BCUT2D eigenvalue weighted by Crippen LogP contribution is 2.31. The van der Waals surface area contributed by atoms with Crippen LogP contribution in [0.15, 0.2) is 18.2 Å². The van der Waals surface area contributed by atoms with Gasteiger partial charge in [-0.15, -0.1) is 0 Å². The van der Waals surface area contributed by atoms with Crippen LogP contribution in [0, 0.1) is 5.82 Å². The highest BCUT2D eigenvalue weighted by Gasteiger charge is 2.34. The molecule has 0 aliphatic rings. The third-order valence-corrected chi connectivity index (χ3v) is 2.12. The molecule has 0 radical (unpaired) electrons. The average Bonchev–Trinajstić information content (AvgIpc) is 2.24. The largest absolute Gasteiger partial charge is 0.419 e. The van der Waals surface area contributed by atoms with Gasteiger partial charge in [-0.25, -0.2) is 4.39 Å². The Hall–Kier alpha value is -1.63. The van der Waals surface area contributed by atoms with Crippen LogP contribution in [-0.4, -0.2) is 18.5 Å². The van der Waals surface area contributed by atoms with Crippen molar-refractivity contribution in [3.05, 3.63) is 35.1 Å². The van der Waals surface area contributed by atoms with Crippen LogP contribution in [0.5, 0.6) is 0 Å². The first-order valence-corrected chi connectivity index (χ1v) is 5.12. The van der Waals surface area contributed by atoms with Crippen molar-refractivity contribution in [2.45, 2.75) is 19.1 Å². The quantitative estimate of drug-likeness (QED) is 0.819. The van der Waals surface area contributed by atoms with Gasteiger partial charge in [0.25, 0.3) is 5.91 Å². The highest BCUT2D eigenvalue weighted by molar-refractivity contribution is 5.94. The summed E-state index contributed by atoms with van der Waals surface area (Å²) in [4.78, 5) is 11.5. The first kappa shape index (κ1) is 14.4. The smallest absolute Gasteiger partial charge is 0.350 e. The fraction of sp³-hybridized carbons (Fsp3) is 0.364. The van der Waals surface area contributed by atoms with Crippen molar-refractivity contribution in [2.75, 3.05) is 6.54 Å². The van der Waals surface area contributed by atoms with Gasteiger partial charge in [-0.2, -0.15) is 13.2 Å². The van der Waals surface area contributed by atoms with E-state index in [0.29, 0.717) is 12.1 Å². The van der Waals surface area contributed by atoms with E-state index in [2.05, 4.69) is 5.32 Å². The lowest BCUT2D eigenvalue weighted by molar-refractivity contribution is -0.140. The molecule has 1 aromatic rings. The topological polar surface area (TPSA) is 55.1 Å². The zero-order valence-corrected chi connectivity index (χ0v) is 9.51. The van der Waals surface area contributed by atoms with Crippen LogP contribution in [0.1, 0.15) is 22.8 Å². The van der Waals surface area contributed by atoms with Gasteiger partial charge in [0.05, 0.1) is 5.56 Å². The molecule has 3 nitrogen and oxygen atoms in total. The van der Waals surface area contributed by atoms with E-state index in [1.54, 1.807) is 6.92 Å². The molecule has 1 unspecified atom stereocenters. The van der Waals surface area contributed by atoms with Crippen molar-refractivity contribution in [1.82, 2.24) is 5.32 Å². The maximum Gasteiger partial charge on any atom is 0.419 e. The molecule has 0 aliphatic heterocycles. The lowest BCUT2D eigenvalue weighted by Gasteiger charge is -2.11. The van der Waals surface area contributed by atoms with Gasteiger partial charge >= 0.3 is 6.18 Å². The minimum atomic E-state index is -4.83. The summed E-state index contributed by atoms with van der Waals surface area (Å²) in [6.45, 7) is 1.75. The Kier molecular flexibility index (Phi) is 4.28. The van der Waals surface area contributed by atoms with E-state index >= 15 is 0 Å². The van der Waals surface area contributed by atoms with Gasteiger partial charge in [0, 0.05) is 18.2 Å². The molecule has 0 bridgehead atoms. The van der Waals surface area contributed by atoms with Gasteiger partial charge in [0.2, 0.25) is 0 Å². The standard InChI is InChI=1S/C11H12F4N2O/c1-6(16)5-17-10(18)7-2-3-9(12)8(4-7)11(13,14)15/h2-4,6H,5,16H2,1H3,(H,17,18). The number of nitrogens with two attached hydrogens (primary N) is 1. The molecule has 1 aromatic carbocycles. The Bertz CT molecular complexity index is 443. The van der Waals surface area contributed by atoms with Crippen LogP contribution in [-0.2, 0) is 6.18 Å². The second kappa shape index (κ2) is 5.34. The molecule has 1 amide bonds. The number of carbonyl (C=O) groups is 1. The molecule has 0 heterocycles. The summed E-state index contributed by atoms with van der Waals surface area (Å²) >= 11 is 0. The van der Waals surface area contributed by atoms with E-state index in [9.17, 15) is 22.4 Å². The van der Waals surface area contributed by atoms with Gasteiger partial charge in [-0.3, -0.25) is 4.79 Å². The van der Waals surface area contributed by atoms with Crippen molar-refractivity contribution in [1.29, 1.82) is 0 Å². The number of alkyl halides is 3. The molecular formula is C11H12F4N2O. The van der Waals surface area contributed by atoms with Crippen LogP contribution in [0.2, 0.25) is 0 Å². The number of halogens is 4. The van der Waals surface area contributed by atoms with Crippen molar-refractivity contribution in [3.63, 3.8) is 0 Å². The maximum absolute atomic E-state index is 13.0. The summed E-state index contributed by atoms with van der Waals surface area (Å²) in [7, 11) is 0. The minimum absolute atomic E-state index is 0.123. The van der Waals surface area contributed by atoms with Crippen LogP contribution in [0.25, 0.3) is 0 Å². The normalized spacial score (nSPS) is 13.2. The number of nitrogens with one attached hydrogen (secondary N) is 1. The van der Waals surface area contributed by atoms with Gasteiger partial charge in [-0.05, 0) is 25.1 Å². The van der Waals surface area contributed by atoms with E-state index < -0.39 is 23.5 Å². The summed E-state index contributed by atoms with van der Waals surface area (Å²) in [6.07, 6.45) is -4.83. The molecular weight excluding hydrogens is 252 g/mol. The Morgan fingerprint density at radius 3 is 2.56 bits per heavy atom. The van der Waals surface area contributed by atoms with Crippen LogP contribution in [0.3, 0.4) is 0 Å². The van der Waals surface area contributed by atoms with Crippen molar-refractivity contribution in [3.8, 4) is 0 Å². The van der Waals surface area contributed by atoms with Crippen molar-refractivity contribution >= 4 is 5.91 Å². The molecule has 0 aromatic heterocycles. The zero-order valence-electron chi connectivity index (χ0n) is 9.51. The third-order valence-electron chi connectivity index (χ3n) is 2.12. The van der Waals surface area contributed by atoms with E-state index in [0.717, 1.165) is 6.07 Å². The summed E-state index contributed by atoms with van der Waals surface area (Å²) in [5.41, 5.74) is 3.67. The number of carbonyl (C=O) groups excluding carboxylic acids is 1. The molecule has 0 saturated carbocycles. The SMILES string of the molecule is CC(N)CNC(=O)c1ccc(F)c(C(F)(F)F)c1. The first-order valence-electron chi connectivity index (χ1n) is 5.12. The van der Waals surface area contributed by atoms with Crippen LogP contribution < -0.4 is 11.1 Å². The predicted octanol–water partition coefficient (Wildman–Crippen LogP) is 1.92. The molecule has 1 rings (SSSR count). The second-order valence-corrected chi connectivity index (χ2v) is 3.88. The Morgan fingerprint density at radius 1 is 1.44 bits per heavy atom. The Labute approximate surface area is 101 Å². The van der Waals surface area contributed by atoms with E-state index in [-0.39, 0.29) is 18.2 Å². The summed E-state index contributed by atoms with van der Waals surface area (Å²) in [5, 5.41) is 2.34. The first-order chi connectivity index (χ1) is 8.21. The predicted molar refractivity (Wildman–Crippen MR) is 57.4 cm³/mol. The number of rotatable bonds is 3. The van der Waals surface area contributed by atoms with Gasteiger partial charge in [0.15, 0.2) is 0 Å². The van der Waals surface area contributed by atoms with Crippen LogP contribution in [0.4, 0.5) is 17.6 Å². The number of hydrogen-bond acceptors (Lipinski definition) is 2. The Balaban J connectivity index is 2.95. The molecule has 3 N–H and O–H groups in total. The molecule has 0 saturated heterocycles. The fourth-order valence-corrected chi connectivity index (χ4v) is 1.24. The fourth-order valence-electron chi connectivity index (χ4n) is 1.24.